The van der Waals surface area contributed by atoms with Crippen LogP contribution in [0.3, 0.4) is 0 Å². The predicted molar refractivity (Wildman–Crippen MR) is 101 cm³/mol. The van der Waals surface area contributed by atoms with Crippen molar-refractivity contribution in [2.75, 3.05) is 0 Å². The first-order valence-corrected chi connectivity index (χ1v) is 8.43. The van der Waals surface area contributed by atoms with E-state index in [1.54, 1.807) is 18.2 Å². The molecule has 0 bridgehead atoms. The Hall–Kier alpha value is -3.50. The number of para-hydroxylation sites is 1. The van der Waals surface area contributed by atoms with Gasteiger partial charge in [-0.3, -0.25) is 14.9 Å². The van der Waals surface area contributed by atoms with E-state index in [1.807, 2.05) is 28.8 Å². The number of non-ortho nitro benzene ring substituents is 1. The predicted octanol–water partition coefficient (Wildman–Crippen LogP) is 3.38. The first-order valence-electron chi connectivity index (χ1n) is 7.61. The third-order valence-corrected chi connectivity index (χ3v) is 4.63. The molecule has 0 saturated carbocycles. The van der Waals surface area contributed by atoms with Crippen LogP contribution in [0.1, 0.15) is 5.56 Å². The first-order chi connectivity index (χ1) is 12.6. The van der Waals surface area contributed by atoms with Crippen LogP contribution in [0.25, 0.3) is 16.3 Å². The highest BCUT2D eigenvalue weighted by molar-refractivity contribution is 7.16. The summed E-state index contributed by atoms with van der Waals surface area (Å²) in [7, 11) is 0. The van der Waals surface area contributed by atoms with Crippen LogP contribution in [0.15, 0.2) is 59.6 Å². The van der Waals surface area contributed by atoms with Gasteiger partial charge in [0.1, 0.15) is 0 Å². The molecule has 1 amide bonds. The third-order valence-electron chi connectivity index (χ3n) is 3.57. The minimum atomic E-state index is -0.473. The Balaban J connectivity index is 1.89. The van der Waals surface area contributed by atoms with Gasteiger partial charge in [0.05, 0.1) is 21.7 Å². The quantitative estimate of drug-likeness (QED) is 0.308. The lowest BCUT2D eigenvalue weighted by Crippen LogP contribution is -2.15. The summed E-state index contributed by atoms with van der Waals surface area (Å²) in [6.45, 7) is 0.322. The number of nitrogens with zero attached hydrogens (tertiary/aromatic N) is 3. The van der Waals surface area contributed by atoms with Gasteiger partial charge in [-0.25, -0.2) is 0 Å². The molecule has 7 heteroatoms. The van der Waals surface area contributed by atoms with Crippen LogP contribution >= 0.6 is 11.3 Å². The zero-order chi connectivity index (χ0) is 18.5. The maximum atomic E-state index is 12.2. The van der Waals surface area contributed by atoms with E-state index in [4.69, 9.17) is 6.42 Å². The van der Waals surface area contributed by atoms with E-state index in [-0.39, 0.29) is 5.69 Å². The molecule has 0 unspecified atom stereocenters. The summed E-state index contributed by atoms with van der Waals surface area (Å²) in [6, 6.07) is 13.6. The summed E-state index contributed by atoms with van der Waals surface area (Å²) in [5.41, 5.74) is 1.60. The molecule has 0 aliphatic carbocycles. The van der Waals surface area contributed by atoms with Gasteiger partial charge in [0, 0.05) is 18.2 Å². The van der Waals surface area contributed by atoms with Gasteiger partial charge >= 0.3 is 0 Å². The number of carbonyl (C=O) groups is 1. The molecule has 1 heterocycles. The number of hydrogen-bond acceptors (Lipinski definition) is 4. The Bertz CT molecular complexity index is 1120. The molecule has 0 radical (unpaired) electrons. The molecule has 0 atom stereocenters. The van der Waals surface area contributed by atoms with Gasteiger partial charge in [-0.1, -0.05) is 29.4 Å². The minimum absolute atomic E-state index is 0.00114. The summed E-state index contributed by atoms with van der Waals surface area (Å²) in [5.74, 6) is 2.14. The minimum Gasteiger partial charge on any atom is -0.305 e. The second-order valence-corrected chi connectivity index (χ2v) is 6.28. The number of amides is 1. The van der Waals surface area contributed by atoms with Gasteiger partial charge in [0.25, 0.3) is 11.6 Å². The van der Waals surface area contributed by atoms with Crippen molar-refractivity contribution in [3.8, 4) is 12.3 Å². The van der Waals surface area contributed by atoms with E-state index in [2.05, 4.69) is 10.9 Å². The molecular weight excluding hydrogens is 350 g/mol. The molecule has 0 N–H and O–H groups in total. The van der Waals surface area contributed by atoms with Crippen LogP contribution in [0.5, 0.6) is 0 Å². The lowest BCUT2D eigenvalue weighted by Gasteiger charge is -1.98. The number of aromatic nitrogens is 1. The highest BCUT2D eigenvalue weighted by atomic mass is 32.1. The summed E-state index contributed by atoms with van der Waals surface area (Å²) < 4.78 is 2.81. The monoisotopic (exact) mass is 363 g/mol. The van der Waals surface area contributed by atoms with Crippen LogP contribution in [0.2, 0.25) is 0 Å². The molecule has 0 saturated heterocycles. The molecule has 2 aromatic carbocycles. The fourth-order valence-electron chi connectivity index (χ4n) is 2.36. The Labute approximate surface area is 152 Å². The lowest BCUT2D eigenvalue weighted by atomic mass is 10.2. The topological polar surface area (TPSA) is 77.5 Å². The van der Waals surface area contributed by atoms with Crippen LogP contribution in [0, 0.1) is 22.5 Å². The highest BCUT2D eigenvalue weighted by Crippen LogP contribution is 2.16. The van der Waals surface area contributed by atoms with Crippen LogP contribution in [0.4, 0.5) is 5.69 Å². The van der Waals surface area contributed by atoms with E-state index >= 15 is 0 Å². The molecule has 26 heavy (non-hydrogen) atoms. The maximum absolute atomic E-state index is 12.2. The Morgan fingerprint density at radius 3 is 2.69 bits per heavy atom. The smallest absolute Gasteiger partial charge is 0.272 e. The average Bonchev–Trinajstić information content (AvgIpc) is 2.98. The van der Waals surface area contributed by atoms with E-state index in [0.29, 0.717) is 16.9 Å². The Morgan fingerprint density at radius 1 is 1.27 bits per heavy atom. The van der Waals surface area contributed by atoms with Crippen molar-refractivity contribution in [1.29, 1.82) is 0 Å². The SMILES string of the molecule is C#CCn1c(=NC(=O)C=Cc2ccc([N+](=O)[O-])cc2)sc2ccccc21. The number of carbonyl (C=O) groups excluding carboxylic acids is 1. The second-order valence-electron chi connectivity index (χ2n) is 5.27. The number of thiazole rings is 1. The molecule has 1 aromatic heterocycles. The van der Waals surface area contributed by atoms with E-state index in [1.165, 1.54) is 29.5 Å². The highest BCUT2D eigenvalue weighted by Gasteiger charge is 2.06. The summed E-state index contributed by atoms with van der Waals surface area (Å²) >= 11 is 1.39. The molecule has 3 rings (SSSR count). The molecule has 0 aliphatic rings. The zero-order valence-electron chi connectivity index (χ0n) is 13.5. The van der Waals surface area contributed by atoms with E-state index in [9.17, 15) is 14.9 Å². The fraction of sp³-hybridized carbons (Fsp3) is 0.0526. The molecule has 3 aromatic rings. The van der Waals surface area contributed by atoms with Crippen molar-refractivity contribution in [3.63, 3.8) is 0 Å². The number of nitro groups is 1. The van der Waals surface area contributed by atoms with Gasteiger partial charge in [-0.15, -0.1) is 6.42 Å². The third kappa shape index (κ3) is 3.77. The zero-order valence-corrected chi connectivity index (χ0v) is 14.3. The number of rotatable bonds is 4. The molecule has 0 aliphatic heterocycles. The Morgan fingerprint density at radius 2 is 2.00 bits per heavy atom. The number of hydrogen-bond donors (Lipinski definition) is 0. The molecule has 0 fully saturated rings. The largest absolute Gasteiger partial charge is 0.305 e. The van der Waals surface area contributed by atoms with Crippen LogP contribution in [-0.4, -0.2) is 15.4 Å². The standard InChI is InChI=1S/C19H13N3O3S/c1-2-13-21-16-5-3-4-6-17(16)26-19(21)20-18(23)12-9-14-7-10-15(11-8-14)22(24)25/h1,3-12H,13H2. The van der Waals surface area contributed by atoms with Gasteiger partial charge in [-0.05, 0) is 35.9 Å². The summed E-state index contributed by atoms with van der Waals surface area (Å²) in [5, 5.41) is 10.6. The van der Waals surface area contributed by atoms with Gasteiger partial charge in [0.15, 0.2) is 4.80 Å². The van der Waals surface area contributed by atoms with E-state index in [0.717, 1.165) is 10.2 Å². The van der Waals surface area contributed by atoms with Crippen molar-refractivity contribution < 1.29 is 9.72 Å². The van der Waals surface area contributed by atoms with Crippen molar-refractivity contribution in [2.45, 2.75) is 6.54 Å². The number of fused-ring (bicyclic) bond motifs is 1. The van der Waals surface area contributed by atoms with Crippen molar-refractivity contribution in [2.24, 2.45) is 4.99 Å². The van der Waals surface area contributed by atoms with Crippen molar-refractivity contribution in [1.82, 2.24) is 4.57 Å². The number of benzene rings is 2. The molecule has 0 spiro atoms. The molecular formula is C19H13N3O3S. The normalized spacial score (nSPS) is 11.7. The summed E-state index contributed by atoms with van der Waals surface area (Å²) in [4.78, 5) is 27.0. The summed E-state index contributed by atoms with van der Waals surface area (Å²) in [6.07, 6.45) is 8.31. The van der Waals surface area contributed by atoms with Crippen LogP contribution in [-0.2, 0) is 11.3 Å². The lowest BCUT2D eigenvalue weighted by molar-refractivity contribution is -0.384. The number of terminal acetylenes is 1. The van der Waals surface area contributed by atoms with Gasteiger partial charge in [-0.2, -0.15) is 4.99 Å². The molecule has 6 nitrogen and oxygen atoms in total. The van der Waals surface area contributed by atoms with E-state index < -0.39 is 10.8 Å². The van der Waals surface area contributed by atoms with Gasteiger partial charge < -0.3 is 4.57 Å². The second kappa shape index (κ2) is 7.59. The van der Waals surface area contributed by atoms with Crippen molar-refractivity contribution >= 4 is 39.2 Å². The van der Waals surface area contributed by atoms with Crippen LogP contribution < -0.4 is 4.80 Å². The van der Waals surface area contributed by atoms with Crippen molar-refractivity contribution in [3.05, 3.63) is 75.1 Å². The average molecular weight is 363 g/mol. The maximum Gasteiger partial charge on any atom is 0.272 e. The number of nitro benzene ring substituents is 1. The van der Waals surface area contributed by atoms with Gasteiger partial charge in [0.2, 0.25) is 0 Å². The molecule has 128 valence electrons. The Kier molecular flexibility index (Phi) is 5.06. The first kappa shape index (κ1) is 17.3. The fourth-order valence-corrected chi connectivity index (χ4v) is 3.39.